The first-order valence-electron chi connectivity index (χ1n) is 7.37. The molecule has 1 aromatic carbocycles. The van der Waals surface area contributed by atoms with Crippen LogP contribution >= 0.6 is 28.3 Å². The predicted molar refractivity (Wildman–Crippen MR) is 95.8 cm³/mol. The summed E-state index contributed by atoms with van der Waals surface area (Å²) >= 11 is 3.39. The average Bonchev–Trinajstić information content (AvgIpc) is 2.49. The monoisotopic (exact) mass is 417 g/mol. The smallest absolute Gasteiger partial charge is 0.320 e. The highest BCUT2D eigenvalue weighted by molar-refractivity contribution is 9.10. The van der Waals surface area contributed by atoms with Crippen molar-refractivity contribution in [3.05, 3.63) is 42.9 Å². The van der Waals surface area contributed by atoms with E-state index in [0.717, 1.165) is 22.9 Å². The number of likely N-dealkylation sites (tertiary alicyclic amines) is 1. The number of aromatic nitrogens is 2. The van der Waals surface area contributed by atoms with E-state index in [2.05, 4.69) is 25.9 Å². The molecule has 1 aliphatic heterocycles. The summed E-state index contributed by atoms with van der Waals surface area (Å²) in [5, 5.41) is 9.38. The Bertz CT molecular complexity index is 879. The molecule has 0 saturated carbocycles. The van der Waals surface area contributed by atoms with Crippen LogP contribution in [0, 0.1) is 0 Å². The summed E-state index contributed by atoms with van der Waals surface area (Å²) in [6, 6.07) is 3.03. The Morgan fingerprint density at radius 3 is 2.67 bits per heavy atom. The van der Waals surface area contributed by atoms with Crippen molar-refractivity contribution in [2.24, 2.45) is 0 Å². The summed E-state index contributed by atoms with van der Waals surface area (Å²) in [4.78, 5) is 41.6. The number of rotatable bonds is 3. The highest BCUT2D eigenvalue weighted by atomic mass is 79.9. The van der Waals surface area contributed by atoms with Gasteiger partial charge in [0.05, 0.1) is 11.0 Å². The van der Waals surface area contributed by atoms with Crippen molar-refractivity contribution in [3.63, 3.8) is 0 Å². The van der Waals surface area contributed by atoms with Crippen molar-refractivity contribution in [3.8, 4) is 0 Å². The van der Waals surface area contributed by atoms with Gasteiger partial charge in [0.15, 0.2) is 0 Å². The van der Waals surface area contributed by atoms with E-state index in [0.29, 0.717) is 30.5 Å². The molecular weight excluding hydrogens is 402 g/mol. The van der Waals surface area contributed by atoms with Gasteiger partial charge in [-0.2, -0.15) is 0 Å². The second-order valence-electron chi connectivity index (χ2n) is 5.72. The maximum atomic E-state index is 11.6. The number of carbonyl (C=O) groups is 1. The second-order valence-corrected chi connectivity index (χ2v) is 6.63. The van der Waals surface area contributed by atoms with Crippen LogP contribution in [-0.4, -0.2) is 38.5 Å². The molecule has 0 bridgehead atoms. The highest BCUT2D eigenvalue weighted by Gasteiger charge is 2.28. The number of halogens is 2. The number of aliphatic carboxylic acids is 1. The number of nitrogens with one attached hydrogen (secondary N) is 2. The van der Waals surface area contributed by atoms with Gasteiger partial charge in [0.1, 0.15) is 6.04 Å². The molecule has 130 valence electrons. The highest BCUT2D eigenvalue weighted by Crippen LogP contribution is 2.25. The molecule has 2 heterocycles. The lowest BCUT2D eigenvalue weighted by atomic mass is 10.0. The Morgan fingerprint density at radius 1 is 1.25 bits per heavy atom. The number of H-pyrrole nitrogens is 2. The molecule has 0 radical (unpaired) electrons. The molecule has 3 rings (SSSR count). The lowest BCUT2D eigenvalue weighted by molar-refractivity contribution is -0.144. The Kier molecular flexibility index (Phi) is 5.84. The van der Waals surface area contributed by atoms with E-state index in [1.807, 2.05) is 11.0 Å². The normalized spacial score (nSPS) is 18.3. The largest absolute Gasteiger partial charge is 0.480 e. The fraction of sp³-hybridized carbons (Fsp3) is 0.400. The van der Waals surface area contributed by atoms with Gasteiger partial charge in [-0.25, -0.2) is 0 Å². The number of carboxylic acids is 1. The Morgan fingerprint density at radius 2 is 1.96 bits per heavy atom. The molecule has 0 amide bonds. The SMILES string of the molecule is Cl.O=C(O)C1CCCCN1Cc1cc(Br)cc2[nH]c(=O)c(=O)[nH]c12. The van der Waals surface area contributed by atoms with Crippen LogP contribution in [0.5, 0.6) is 0 Å². The Hall–Kier alpha value is -1.64. The maximum absolute atomic E-state index is 11.6. The molecule has 1 aromatic heterocycles. The van der Waals surface area contributed by atoms with Crippen molar-refractivity contribution < 1.29 is 9.90 Å². The topological polar surface area (TPSA) is 106 Å². The third-order valence-electron chi connectivity index (χ3n) is 4.15. The van der Waals surface area contributed by atoms with Crippen molar-refractivity contribution in [2.75, 3.05) is 6.54 Å². The van der Waals surface area contributed by atoms with Gasteiger partial charge in [0.25, 0.3) is 0 Å². The molecule has 1 aliphatic rings. The van der Waals surface area contributed by atoms with Gasteiger partial charge in [0, 0.05) is 11.0 Å². The van der Waals surface area contributed by atoms with E-state index in [4.69, 9.17) is 0 Å². The molecule has 1 saturated heterocycles. The summed E-state index contributed by atoms with van der Waals surface area (Å²) < 4.78 is 0.756. The molecule has 0 spiro atoms. The van der Waals surface area contributed by atoms with Crippen LogP contribution in [0.1, 0.15) is 24.8 Å². The minimum absolute atomic E-state index is 0. The summed E-state index contributed by atoms with van der Waals surface area (Å²) in [6.07, 6.45) is 2.47. The van der Waals surface area contributed by atoms with Gasteiger partial charge < -0.3 is 15.1 Å². The van der Waals surface area contributed by atoms with E-state index in [1.54, 1.807) is 6.07 Å². The molecule has 2 aromatic rings. The molecule has 24 heavy (non-hydrogen) atoms. The summed E-state index contributed by atoms with van der Waals surface area (Å²) in [5.41, 5.74) is 0.406. The standard InChI is InChI=1S/C15H16BrN3O4.ClH/c16-9-5-8(7-19-4-2-1-3-11(19)15(22)23)12-10(6-9)17-13(20)14(21)18-12;/h5-6,11H,1-4,7H2,(H,17,20)(H,18,21)(H,22,23);1H. The molecule has 9 heteroatoms. The minimum Gasteiger partial charge on any atom is -0.480 e. The van der Waals surface area contributed by atoms with Crippen LogP contribution in [-0.2, 0) is 11.3 Å². The van der Waals surface area contributed by atoms with Crippen LogP contribution in [0.25, 0.3) is 11.0 Å². The van der Waals surface area contributed by atoms with E-state index in [-0.39, 0.29) is 12.4 Å². The number of benzene rings is 1. The van der Waals surface area contributed by atoms with Crippen molar-refractivity contribution in [1.29, 1.82) is 0 Å². The van der Waals surface area contributed by atoms with Crippen molar-refractivity contribution in [1.82, 2.24) is 14.9 Å². The molecule has 7 nitrogen and oxygen atoms in total. The van der Waals surface area contributed by atoms with Crippen LogP contribution in [0.2, 0.25) is 0 Å². The van der Waals surface area contributed by atoms with Gasteiger partial charge in [-0.1, -0.05) is 22.4 Å². The summed E-state index contributed by atoms with van der Waals surface area (Å²) in [6.45, 7) is 1.09. The molecule has 0 aliphatic carbocycles. The molecule has 3 N–H and O–H groups in total. The number of hydrogen-bond donors (Lipinski definition) is 3. The van der Waals surface area contributed by atoms with Gasteiger partial charge >= 0.3 is 17.1 Å². The lowest BCUT2D eigenvalue weighted by Crippen LogP contribution is -2.44. The Labute approximate surface area is 151 Å². The number of nitrogens with zero attached hydrogens (tertiary/aromatic N) is 1. The maximum Gasteiger partial charge on any atom is 0.320 e. The third kappa shape index (κ3) is 3.71. The number of piperidine rings is 1. The van der Waals surface area contributed by atoms with Crippen LogP contribution in [0.3, 0.4) is 0 Å². The fourth-order valence-electron chi connectivity index (χ4n) is 3.06. The quantitative estimate of drug-likeness (QED) is 0.660. The fourth-order valence-corrected chi connectivity index (χ4v) is 3.57. The first-order chi connectivity index (χ1) is 11.0. The number of fused-ring (bicyclic) bond motifs is 1. The van der Waals surface area contributed by atoms with Crippen molar-refractivity contribution in [2.45, 2.75) is 31.8 Å². The molecule has 1 unspecified atom stereocenters. The first-order valence-corrected chi connectivity index (χ1v) is 8.16. The third-order valence-corrected chi connectivity index (χ3v) is 4.61. The first kappa shape index (κ1) is 18.7. The zero-order valence-electron chi connectivity index (χ0n) is 12.7. The zero-order valence-corrected chi connectivity index (χ0v) is 15.1. The van der Waals surface area contributed by atoms with Gasteiger partial charge in [-0.15, -0.1) is 12.4 Å². The Balaban J connectivity index is 0.00000208. The lowest BCUT2D eigenvalue weighted by Gasteiger charge is -2.33. The van der Waals surface area contributed by atoms with E-state index in [1.165, 1.54) is 0 Å². The van der Waals surface area contributed by atoms with Crippen LogP contribution in [0.4, 0.5) is 0 Å². The zero-order chi connectivity index (χ0) is 16.6. The molecule has 1 fully saturated rings. The van der Waals surface area contributed by atoms with Crippen LogP contribution < -0.4 is 11.1 Å². The summed E-state index contributed by atoms with van der Waals surface area (Å²) in [5.74, 6) is -0.828. The minimum atomic E-state index is -0.828. The molecule has 1 atom stereocenters. The average molecular weight is 419 g/mol. The van der Waals surface area contributed by atoms with E-state index >= 15 is 0 Å². The van der Waals surface area contributed by atoms with Gasteiger partial charge in [-0.05, 0) is 37.1 Å². The number of aromatic amines is 2. The van der Waals surface area contributed by atoms with Crippen LogP contribution in [0.15, 0.2) is 26.2 Å². The number of carboxylic acid groups (broad SMARTS) is 1. The van der Waals surface area contributed by atoms with Gasteiger partial charge in [0.2, 0.25) is 0 Å². The summed E-state index contributed by atoms with van der Waals surface area (Å²) in [7, 11) is 0. The second kappa shape index (κ2) is 7.50. The van der Waals surface area contributed by atoms with Gasteiger partial charge in [-0.3, -0.25) is 19.3 Å². The predicted octanol–water partition coefficient (Wildman–Crippen LogP) is 1.84. The number of hydrogen-bond acceptors (Lipinski definition) is 4. The van der Waals surface area contributed by atoms with E-state index < -0.39 is 23.1 Å². The van der Waals surface area contributed by atoms with Crippen molar-refractivity contribution >= 4 is 45.3 Å². The molecular formula is C15H17BrClN3O4. The van der Waals surface area contributed by atoms with E-state index in [9.17, 15) is 19.5 Å².